The molecule has 1 heterocycles. The van der Waals surface area contributed by atoms with Crippen LogP contribution in [0, 0.1) is 0 Å². The molecular formula is C17H14BrNO2S. The number of nitrogens with zero attached hydrogens (tertiary/aromatic N) is 1. The largest absolute Gasteiger partial charge is 0.311 e. The highest BCUT2D eigenvalue weighted by Crippen LogP contribution is 2.24. The van der Waals surface area contributed by atoms with E-state index < -0.39 is 10.8 Å². The molecular weight excluding hydrogens is 362 g/mol. The van der Waals surface area contributed by atoms with Gasteiger partial charge in [-0.15, -0.1) is 0 Å². The summed E-state index contributed by atoms with van der Waals surface area (Å²) in [5.74, 6) is 0.374. The number of aromatic nitrogens is 1. The number of benzene rings is 2. The first-order valence-electron chi connectivity index (χ1n) is 6.78. The second-order valence-electron chi connectivity index (χ2n) is 5.00. The molecule has 0 bridgehead atoms. The zero-order valence-corrected chi connectivity index (χ0v) is 14.4. The van der Waals surface area contributed by atoms with Gasteiger partial charge in [0.2, 0.25) is 0 Å². The molecule has 3 rings (SSSR count). The molecule has 0 saturated carbocycles. The first kappa shape index (κ1) is 15.2. The Morgan fingerprint density at radius 2 is 1.77 bits per heavy atom. The average molecular weight is 376 g/mol. The van der Waals surface area contributed by atoms with Crippen molar-refractivity contribution >= 4 is 37.6 Å². The molecule has 0 amide bonds. The van der Waals surface area contributed by atoms with Crippen molar-refractivity contribution in [2.45, 2.75) is 10.6 Å². The molecule has 3 nitrogen and oxygen atoms in total. The minimum Gasteiger partial charge on any atom is -0.311 e. The molecule has 0 saturated heterocycles. The van der Waals surface area contributed by atoms with Crippen molar-refractivity contribution in [2.24, 2.45) is 7.05 Å². The van der Waals surface area contributed by atoms with E-state index in [4.69, 9.17) is 0 Å². The smallest absolute Gasteiger partial charge is 0.251 e. The van der Waals surface area contributed by atoms with E-state index in [2.05, 4.69) is 15.9 Å². The van der Waals surface area contributed by atoms with E-state index in [1.807, 2.05) is 48.5 Å². The van der Waals surface area contributed by atoms with Gasteiger partial charge in [-0.25, -0.2) is 0 Å². The Morgan fingerprint density at radius 1 is 1.09 bits per heavy atom. The predicted molar refractivity (Wildman–Crippen MR) is 93.4 cm³/mol. The monoisotopic (exact) mass is 375 g/mol. The first-order chi connectivity index (χ1) is 10.6. The highest BCUT2D eigenvalue weighted by atomic mass is 79.9. The van der Waals surface area contributed by atoms with E-state index in [1.165, 1.54) is 6.07 Å². The summed E-state index contributed by atoms with van der Waals surface area (Å²) in [7, 11) is 0.446. The van der Waals surface area contributed by atoms with Gasteiger partial charge < -0.3 is 4.57 Å². The van der Waals surface area contributed by atoms with Gasteiger partial charge in [0.1, 0.15) is 0 Å². The van der Waals surface area contributed by atoms with Gasteiger partial charge in [0, 0.05) is 23.0 Å². The molecule has 1 atom stereocenters. The van der Waals surface area contributed by atoms with Gasteiger partial charge in [-0.2, -0.15) is 0 Å². The minimum absolute atomic E-state index is 0.144. The highest BCUT2D eigenvalue weighted by Gasteiger charge is 2.13. The van der Waals surface area contributed by atoms with Crippen LogP contribution >= 0.6 is 15.9 Å². The first-order valence-corrected chi connectivity index (χ1v) is 8.89. The third kappa shape index (κ3) is 2.78. The van der Waals surface area contributed by atoms with Gasteiger partial charge in [0.15, 0.2) is 0 Å². The van der Waals surface area contributed by atoms with Crippen molar-refractivity contribution < 1.29 is 4.21 Å². The van der Waals surface area contributed by atoms with Crippen LogP contribution in [0.2, 0.25) is 0 Å². The molecule has 0 aliphatic rings. The van der Waals surface area contributed by atoms with Crippen LogP contribution < -0.4 is 5.56 Å². The SMILES string of the molecule is Cn1c(=O)cc(S(=O)Cc2ccccc2Br)c2ccccc21. The third-order valence-corrected chi connectivity index (χ3v) is 5.78. The topological polar surface area (TPSA) is 39.1 Å². The van der Waals surface area contributed by atoms with E-state index in [0.29, 0.717) is 10.6 Å². The lowest BCUT2D eigenvalue weighted by atomic mass is 10.2. The van der Waals surface area contributed by atoms with Crippen LogP contribution in [0.1, 0.15) is 5.56 Å². The fraction of sp³-hybridized carbons (Fsp3) is 0.118. The summed E-state index contributed by atoms with van der Waals surface area (Å²) in [5.41, 5.74) is 1.62. The Balaban J connectivity index is 2.11. The lowest BCUT2D eigenvalue weighted by Crippen LogP contribution is -2.17. The van der Waals surface area contributed by atoms with E-state index in [-0.39, 0.29) is 5.56 Å². The van der Waals surface area contributed by atoms with Crippen molar-refractivity contribution in [1.82, 2.24) is 4.57 Å². The molecule has 1 unspecified atom stereocenters. The number of hydrogen-bond donors (Lipinski definition) is 0. The Morgan fingerprint density at radius 3 is 2.55 bits per heavy atom. The molecule has 2 aromatic carbocycles. The summed E-state index contributed by atoms with van der Waals surface area (Å²) < 4.78 is 15.3. The summed E-state index contributed by atoms with van der Waals surface area (Å²) >= 11 is 3.47. The number of pyridine rings is 1. The lowest BCUT2D eigenvalue weighted by Gasteiger charge is -2.10. The minimum atomic E-state index is -1.28. The van der Waals surface area contributed by atoms with E-state index >= 15 is 0 Å². The standard InChI is InChI=1S/C17H14BrNO2S/c1-19-15-9-5-3-7-13(15)16(10-17(19)20)22(21)11-12-6-2-4-8-14(12)18/h2-10H,11H2,1H3. The van der Waals surface area contributed by atoms with Crippen LogP contribution in [0.25, 0.3) is 10.9 Å². The fourth-order valence-electron chi connectivity index (χ4n) is 2.40. The number of fused-ring (bicyclic) bond motifs is 1. The number of para-hydroxylation sites is 1. The molecule has 0 spiro atoms. The molecule has 5 heteroatoms. The molecule has 0 radical (unpaired) electrons. The maximum atomic E-state index is 12.8. The van der Waals surface area contributed by atoms with Gasteiger partial charge in [-0.05, 0) is 17.7 Å². The Labute approximate surface area is 139 Å². The number of rotatable bonds is 3. The molecule has 0 fully saturated rings. The van der Waals surface area contributed by atoms with Crippen LogP contribution in [0.15, 0.2) is 68.8 Å². The van der Waals surface area contributed by atoms with Crippen molar-refractivity contribution in [3.05, 3.63) is 75.0 Å². The van der Waals surface area contributed by atoms with Crippen molar-refractivity contribution in [3.8, 4) is 0 Å². The number of halogens is 1. The van der Waals surface area contributed by atoms with Gasteiger partial charge in [0.05, 0.1) is 27.0 Å². The quantitative estimate of drug-likeness (QED) is 0.701. The fourth-order valence-corrected chi connectivity index (χ4v) is 4.35. The normalized spacial score (nSPS) is 12.5. The third-order valence-electron chi connectivity index (χ3n) is 3.61. The van der Waals surface area contributed by atoms with E-state index in [1.54, 1.807) is 11.6 Å². The molecule has 0 N–H and O–H groups in total. The maximum absolute atomic E-state index is 12.8. The van der Waals surface area contributed by atoms with Crippen LogP contribution in [0.4, 0.5) is 0 Å². The molecule has 0 aliphatic carbocycles. The van der Waals surface area contributed by atoms with Crippen molar-refractivity contribution in [2.75, 3.05) is 0 Å². The summed E-state index contributed by atoms with van der Waals surface area (Å²) in [6.07, 6.45) is 0. The van der Waals surface area contributed by atoms with Crippen LogP contribution in [0.5, 0.6) is 0 Å². The summed E-state index contributed by atoms with van der Waals surface area (Å²) in [5, 5.41) is 0.856. The summed E-state index contributed by atoms with van der Waals surface area (Å²) in [4.78, 5) is 12.7. The predicted octanol–water partition coefficient (Wildman–Crippen LogP) is 3.61. The Bertz CT molecular complexity index is 933. The van der Waals surface area contributed by atoms with E-state index in [9.17, 15) is 9.00 Å². The van der Waals surface area contributed by atoms with Crippen LogP contribution in [-0.4, -0.2) is 8.78 Å². The lowest BCUT2D eigenvalue weighted by molar-refractivity contribution is 0.682. The number of hydrogen-bond acceptors (Lipinski definition) is 2. The Kier molecular flexibility index (Phi) is 4.27. The Hall–Kier alpha value is -1.72. The van der Waals surface area contributed by atoms with Gasteiger partial charge in [-0.3, -0.25) is 9.00 Å². The molecule has 22 heavy (non-hydrogen) atoms. The second-order valence-corrected chi connectivity index (χ2v) is 7.28. The van der Waals surface area contributed by atoms with Gasteiger partial charge in [0.25, 0.3) is 5.56 Å². The molecule has 0 aliphatic heterocycles. The molecule has 1 aromatic heterocycles. The summed E-state index contributed by atoms with van der Waals surface area (Å²) in [6.45, 7) is 0. The average Bonchev–Trinajstić information content (AvgIpc) is 2.53. The van der Waals surface area contributed by atoms with Crippen LogP contribution in [-0.2, 0) is 23.6 Å². The van der Waals surface area contributed by atoms with Crippen molar-refractivity contribution in [1.29, 1.82) is 0 Å². The van der Waals surface area contributed by atoms with Gasteiger partial charge in [-0.1, -0.05) is 52.3 Å². The van der Waals surface area contributed by atoms with E-state index in [0.717, 1.165) is 20.9 Å². The highest BCUT2D eigenvalue weighted by molar-refractivity contribution is 9.10. The second kappa shape index (κ2) is 6.18. The van der Waals surface area contributed by atoms with Gasteiger partial charge >= 0.3 is 0 Å². The molecule has 112 valence electrons. The van der Waals surface area contributed by atoms with Crippen molar-refractivity contribution in [3.63, 3.8) is 0 Å². The zero-order chi connectivity index (χ0) is 15.7. The summed E-state index contributed by atoms with van der Waals surface area (Å²) in [6, 6.07) is 16.7. The zero-order valence-electron chi connectivity index (χ0n) is 12.0. The maximum Gasteiger partial charge on any atom is 0.251 e. The van der Waals surface area contributed by atoms with Crippen LogP contribution in [0.3, 0.4) is 0 Å². The number of aryl methyl sites for hydroxylation is 1. The molecule has 3 aromatic rings.